The fraction of sp³-hybridized carbons (Fsp3) is 0.0909. The largest absolute Gasteiger partial charge is 0.298 e. The molecular weight excluding hydrogens is 194 g/mol. The molecule has 0 aliphatic carbocycles. The molecule has 14 heavy (non-hydrogen) atoms. The van der Waals surface area contributed by atoms with Gasteiger partial charge >= 0.3 is 0 Å². The summed E-state index contributed by atoms with van der Waals surface area (Å²) in [7, 11) is 0. The molecule has 0 amide bonds. The van der Waals surface area contributed by atoms with Crippen LogP contribution >= 0.6 is 11.3 Å². The van der Waals surface area contributed by atoms with Gasteiger partial charge in [-0.15, -0.1) is 11.3 Å². The Morgan fingerprint density at radius 1 is 1.57 bits per heavy atom. The lowest BCUT2D eigenvalue weighted by Gasteiger charge is -2.02. The minimum absolute atomic E-state index is 0.585. The highest BCUT2D eigenvalue weighted by molar-refractivity contribution is 7.17. The van der Waals surface area contributed by atoms with Crippen molar-refractivity contribution in [2.45, 2.75) is 6.92 Å². The summed E-state index contributed by atoms with van der Waals surface area (Å²) in [5, 5.41) is 11.7. The van der Waals surface area contributed by atoms with Crippen molar-refractivity contribution < 1.29 is 4.79 Å². The van der Waals surface area contributed by atoms with Gasteiger partial charge in [-0.1, -0.05) is 0 Å². The molecule has 3 heteroatoms. The Morgan fingerprint density at radius 2 is 2.36 bits per heavy atom. The topological polar surface area (TPSA) is 40.9 Å². The van der Waals surface area contributed by atoms with Gasteiger partial charge in [-0.3, -0.25) is 4.79 Å². The zero-order valence-electron chi connectivity index (χ0n) is 7.57. The molecule has 0 unspecified atom stereocenters. The van der Waals surface area contributed by atoms with E-state index in [1.807, 2.05) is 17.5 Å². The van der Waals surface area contributed by atoms with Crippen LogP contribution in [0.4, 0.5) is 0 Å². The SMILES string of the molecule is Cc1c(C#N)cc2sccc2c1C=O. The van der Waals surface area contributed by atoms with Crippen LogP contribution < -0.4 is 0 Å². The summed E-state index contributed by atoms with van der Waals surface area (Å²) >= 11 is 1.55. The first kappa shape index (κ1) is 8.92. The molecule has 0 aliphatic heterocycles. The smallest absolute Gasteiger partial charge is 0.151 e. The first-order valence-electron chi connectivity index (χ1n) is 4.14. The number of benzene rings is 1. The maximum absolute atomic E-state index is 10.9. The van der Waals surface area contributed by atoms with Gasteiger partial charge in [0.2, 0.25) is 0 Å². The number of nitriles is 1. The summed E-state index contributed by atoms with van der Waals surface area (Å²) in [6, 6.07) is 5.85. The second-order valence-electron chi connectivity index (χ2n) is 3.02. The van der Waals surface area contributed by atoms with Crippen LogP contribution in [0.3, 0.4) is 0 Å². The third-order valence-electron chi connectivity index (χ3n) is 2.31. The van der Waals surface area contributed by atoms with Crippen molar-refractivity contribution in [2.24, 2.45) is 0 Å². The van der Waals surface area contributed by atoms with Crippen LogP contribution in [0.15, 0.2) is 17.5 Å². The Balaban J connectivity index is 2.96. The van der Waals surface area contributed by atoms with E-state index in [1.54, 1.807) is 18.3 Å². The number of thiophene rings is 1. The van der Waals surface area contributed by atoms with Gasteiger partial charge in [0.1, 0.15) is 0 Å². The standard InChI is InChI=1S/C11H7NOS/c1-7-8(5-12)4-11-9(2-3-14-11)10(7)6-13/h2-4,6H,1H3. The third kappa shape index (κ3) is 1.12. The summed E-state index contributed by atoms with van der Waals surface area (Å²) in [4.78, 5) is 10.9. The van der Waals surface area contributed by atoms with E-state index < -0.39 is 0 Å². The summed E-state index contributed by atoms with van der Waals surface area (Å²) < 4.78 is 0.995. The summed E-state index contributed by atoms with van der Waals surface area (Å²) in [5.41, 5.74) is 2.00. The van der Waals surface area contributed by atoms with E-state index >= 15 is 0 Å². The first-order valence-corrected chi connectivity index (χ1v) is 5.02. The molecule has 1 aromatic heterocycles. The zero-order valence-corrected chi connectivity index (χ0v) is 8.39. The Morgan fingerprint density at radius 3 is 3.00 bits per heavy atom. The number of aldehydes is 1. The molecular formula is C11H7NOS. The zero-order chi connectivity index (χ0) is 10.1. The minimum atomic E-state index is 0.585. The molecule has 2 rings (SSSR count). The van der Waals surface area contributed by atoms with Crippen LogP contribution in [0.1, 0.15) is 21.5 Å². The summed E-state index contributed by atoms with van der Waals surface area (Å²) in [5.74, 6) is 0. The number of fused-ring (bicyclic) bond motifs is 1. The van der Waals surface area contributed by atoms with Crippen molar-refractivity contribution in [3.05, 3.63) is 34.2 Å². The van der Waals surface area contributed by atoms with Gasteiger partial charge in [0.25, 0.3) is 0 Å². The van der Waals surface area contributed by atoms with Crippen LogP contribution in [-0.4, -0.2) is 6.29 Å². The van der Waals surface area contributed by atoms with Crippen LogP contribution in [0.25, 0.3) is 10.1 Å². The Hall–Kier alpha value is -1.66. The molecule has 2 aromatic rings. The molecule has 0 radical (unpaired) electrons. The van der Waals surface area contributed by atoms with Crippen molar-refractivity contribution in [1.29, 1.82) is 5.26 Å². The fourth-order valence-electron chi connectivity index (χ4n) is 1.51. The van der Waals surface area contributed by atoms with Gasteiger partial charge in [-0.05, 0) is 30.0 Å². The highest BCUT2D eigenvalue weighted by atomic mass is 32.1. The van der Waals surface area contributed by atoms with Crippen LogP contribution in [0.5, 0.6) is 0 Å². The quantitative estimate of drug-likeness (QED) is 0.665. The van der Waals surface area contributed by atoms with E-state index in [4.69, 9.17) is 5.26 Å². The highest BCUT2D eigenvalue weighted by Crippen LogP contribution is 2.28. The van der Waals surface area contributed by atoms with E-state index in [2.05, 4.69) is 6.07 Å². The molecule has 68 valence electrons. The van der Waals surface area contributed by atoms with Crippen molar-refractivity contribution >= 4 is 27.7 Å². The lowest BCUT2D eigenvalue weighted by Crippen LogP contribution is -1.91. The Kier molecular flexibility index (Phi) is 2.06. The molecule has 0 atom stereocenters. The van der Waals surface area contributed by atoms with E-state index in [0.29, 0.717) is 11.1 Å². The van der Waals surface area contributed by atoms with Gasteiger partial charge in [0.15, 0.2) is 6.29 Å². The van der Waals surface area contributed by atoms with Gasteiger partial charge in [0.05, 0.1) is 11.6 Å². The average Bonchev–Trinajstić information content (AvgIpc) is 2.64. The second kappa shape index (κ2) is 3.24. The van der Waals surface area contributed by atoms with Crippen molar-refractivity contribution in [3.63, 3.8) is 0 Å². The maximum atomic E-state index is 10.9. The molecule has 0 saturated heterocycles. The Labute approximate surface area is 85.4 Å². The van der Waals surface area contributed by atoms with Crippen molar-refractivity contribution in [3.8, 4) is 6.07 Å². The van der Waals surface area contributed by atoms with Crippen molar-refractivity contribution in [2.75, 3.05) is 0 Å². The van der Waals surface area contributed by atoms with E-state index in [9.17, 15) is 4.79 Å². The molecule has 0 saturated carbocycles. The second-order valence-corrected chi connectivity index (χ2v) is 3.97. The van der Waals surface area contributed by atoms with Gasteiger partial charge in [-0.25, -0.2) is 0 Å². The van der Waals surface area contributed by atoms with Crippen LogP contribution in [0, 0.1) is 18.3 Å². The maximum Gasteiger partial charge on any atom is 0.151 e. The van der Waals surface area contributed by atoms with E-state index in [-0.39, 0.29) is 0 Å². The van der Waals surface area contributed by atoms with E-state index in [1.165, 1.54) is 0 Å². The van der Waals surface area contributed by atoms with Gasteiger partial charge in [0, 0.05) is 15.6 Å². The number of hydrogen-bond donors (Lipinski definition) is 0. The molecule has 2 nitrogen and oxygen atoms in total. The predicted octanol–water partition coefficient (Wildman–Crippen LogP) is 2.89. The molecule has 0 spiro atoms. The van der Waals surface area contributed by atoms with Crippen LogP contribution in [0.2, 0.25) is 0 Å². The third-order valence-corrected chi connectivity index (χ3v) is 3.17. The lowest BCUT2D eigenvalue weighted by molar-refractivity contribution is 0.112. The normalized spacial score (nSPS) is 10.0. The summed E-state index contributed by atoms with van der Waals surface area (Å²) in [6.45, 7) is 1.80. The minimum Gasteiger partial charge on any atom is -0.298 e. The average molecular weight is 201 g/mol. The summed E-state index contributed by atoms with van der Waals surface area (Å²) in [6.07, 6.45) is 0.825. The number of hydrogen-bond acceptors (Lipinski definition) is 3. The first-order chi connectivity index (χ1) is 6.77. The molecule has 1 heterocycles. The number of nitrogens with zero attached hydrogens (tertiary/aromatic N) is 1. The predicted molar refractivity (Wildman–Crippen MR) is 56.7 cm³/mol. The molecule has 0 N–H and O–H groups in total. The Bertz CT molecular complexity index is 548. The number of rotatable bonds is 1. The lowest BCUT2D eigenvalue weighted by atomic mass is 10.0. The van der Waals surface area contributed by atoms with Gasteiger partial charge < -0.3 is 0 Å². The highest BCUT2D eigenvalue weighted by Gasteiger charge is 2.09. The number of carbonyl (C=O) groups is 1. The molecule has 0 bridgehead atoms. The number of carbonyl (C=O) groups excluding carboxylic acids is 1. The van der Waals surface area contributed by atoms with Gasteiger partial charge in [-0.2, -0.15) is 5.26 Å². The van der Waals surface area contributed by atoms with E-state index in [0.717, 1.165) is 21.9 Å². The monoisotopic (exact) mass is 201 g/mol. The fourth-order valence-corrected chi connectivity index (χ4v) is 2.35. The molecule has 0 fully saturated rings. The van der Waals surface area contributed by atoms with Crippen molar-refractivity contribution in [1.82, 2.24) is 0 Å². The molecule has 1 aromatic carbocycles. The molecule has 0 aliphatic rings. The van der Waals surface area contributed by atoms with Crippen LogP contribution in [-0.2, 0) is 0 Å².